The van der Waals surface area contributed by atoms with Crippen LogP contribution in [0.15, 0.2) is 18.2 Å². The smallest absolute Gasteiger partial charge is 0.251 e. The molecule has 1 rings (SSSR count). The number of methoxy groups -OCH3 is 1. The fourth-order valence-electron chi connectivity index (χ4n) is 0.838. The lowest BCUT2D eigenvalue weighted by atomic mass is 10.2. The monoisotopic (exact) mass is 164 g/mol. The highest BCUT2D eigenvalue weighted by atomic mass is 16.5. The van der Waals surface area contributed by atoms with E-state index >= 15 is 0 Å². The van der Waals surface area contributed by atoms with Crippen LogP contribution < -0.4 is 10.1 Å². The van der Waals surface area contributed by atoms with Gasteiger partial charge in [0.2, 0.25) is 0 Å². The van der Waals surface area contributed by atoms with Gasteiger partial charge in [0.1, 0.15) is 5.75 Å². The van der Waals surface area contributed by atoms with E-state index in [0.29, 0.717) is 11.3 Å². The molecule has 12 heavy (non-hydrogen) atoms. The first-order valence-corrected chi connectivity index (χ1v) is 3.55. The first-order valence-electron chi connectivity index (χ1n) is 3.55. The molecule has 0 spiro atoms. The highest BCUT2D eigenvalue weighted by Crippen LogP contribution is 2.11. The van der Waals surface area contributed by atoms with Gasteiger partial charge in [-0.15, -0.1) is 0 Å². The molecule has 0 saturated heterocycles. The Bertz CT molecular complexity index is 284. The van der Waals surface area contributed by atoms with E-state index in [1.807, 2.05) is 0 Å². The largest absolute Gasteiger partial charge is 0.497 e. The van der Waals surface area contributed by atoms with Crippen LogP contribution >= 0.6 is 0 Å². The van der Waals surface area contributed by atoms with Crippen LogP contribution in [0.1, 0.15) is 10.4 Å². The van der Waals surface area contributed by atoms with Crippen molar-refractivity contribution in [2.75, 3.05) is 14.2 Å². The Morgan fingerprint density at radius 2 is 2.42 bits per heavy atom. The second-order valence-electron chi connectivity index (χ2n) is 2.22. The zero-order chi connectivity index (χ0) is 8.97. The minimum atomic E-state index is -0.158. The van der Waals surface area contributed by atoms with Crippen LogP contribution in [0.3, 0.4) is 0 Å². The third-order valence-corrected chi connectivity index (χ3v) is 1.48. The lowest BCUT2D eigenvalue weighted by Crippen LogP contribution is -2.17. The van der Waals surface area contributed by atoms with E-state index in [0.717, 1.165) is 0 Å². The Kier molecular flexibility index (Phi) is 2.69. The summed E-state index contributed by atoms with van der Waals surface area (Å²) >= 11 is 0. The number of hydrogen-bond acceptors (Lipinski definition) is 2. The molecule has 1 aromatic carbocycles. The van der Waals surface area contributed by atoms with E-state index in [-0.39, 0.29) is 5.91 Å². The first kappa shape index (κ1) is 8.59. The average molecular weight is 164 g/mol. The Labute approximate surface area is 71.4 Å². The topological polar surface area (TPSA) is 38.3 Å². The molecule has 1 amide bonds. The van der Waals surface area contributed by atoms with Crippen LogP contribution in [0.25, 0.3) is 0 Å². The van der Waals surface area contributed by atoms with Crippen molar-refractivity contribution < 1.29 is 9.53 Å². The fraction of sp³-hybridized carbons (Fsp3) is 0.222. The number of carbonyl (C=O) groups excluding carboxylic acids is 1. The van der Waals surface area contributed by atoms with Crippen LogP contribution in [-0.4, -0.2) is 20.1 Å². The number of ether oxygens (including phenoxy) is 1. The van der Waals surface area contributed by atoms with E-state index in [1.165, 1.54) is 0 Å². The Morgan fingerprint density at radius 1 is 1.67 bits per heavy atom. The number of benzene rings is 1. The van der Waals surface area contributed by atoms with Gasteiger partial charge in [0.25, 0.3) is 5.91 Å². The molecule has 1 aromatic rings. The second-order valence-corrected chi connectivity index (χ2v) is 2.22. The van der Waals surface area contributed by atoms with Crippen molar-refractivity contribution in [2.24, 2.45) is 0 Å². The van der Waals surface area contributed by atoms with Crippen LogP contribution in [0.4, 0.5) is 0 Å². The molecule has 0 fully saturated rings. The lowest BCUT2D eigenvalue weighted by molar-refractivity contribution is 0.0962. The summed E-state index contributed by atoms with van der Waals surface area (Å²) in [4.78, 5) is 11.1. The van der Waals surface area contributed by atoms with E-state index < -0.39 is 0 Å². The van der Waals surface area contributed by atoms with Gasteiger partial charge in [0.15, 0.2) is 0 Å². The molecule has 0 unspecified atom stereocenters. The molecule has 0 atom stereocenters. The Hall–Kier alpha value is -1.51. The van der Waals surface area contributed by atoms with Crippen LogP contribution in [0.5, 0.6) is 5.75 Å². The zero-order valence-corrected chi connectivity index (χ0v) is 7.05. The predicted octanol–water partition coefficient (Wildman–Crippen LogP) is 0.855. The second kappa shape index (κ2) is 3.76. The highest BCUT2D eigenvalue weighted by molar-refractivity contribution is 5.94. The summed E-state index contributed by atoms with van der Waals surface area (Å²) in [6.07, 6.45) is 0. The van der Waals surface area contributed by atoms with Crippen molar-refractivity contribution in [3.8, 4) is 5.75 Å². The summed E-state index contributed by atoms with van der Waals surface area (Å²) in [5, 5.41) is 2.51. The molecule has 3 nitrogen and oxygen atoms in total. The zero-order valence-electron chi connectivity index (χ0n) is 7.05. The van der Waals surface area contributed by atoms with Crippen molar-refractivity contribution >= 4 is 5.91 Å². The summed E-state index contributed by atoms with van der Waals surface area (Å²) in [5.74, 6) is 0.501. The number of hydrogen-bond donors (Lipinski definition) is 1. The van der Waals surface area contributed by atoms with Gasteiger partial charge in [-0.1, -0.05) is 0 Å². The number of rotatable bonds is 2. The summed E-state index contributed by atoms with van der Waals surface area (Å²) in [7, 11) is 3.14. The molecule has 0 saturated carbocycles. The van der Waals surface area contributed by atoms with Gasteiger partial charge in [0.05, 0.1) is 12.7 Å². The third-order valence-electron chi connectivity index (χ3n) is 1.48. The van der Waals surface area contributed by atoms with Crippen LogP contribution in [0.2, 0.25) is 0 Å². The normalized spacial score (nSPS) is 9.17. The minimum Gasteiger partial charge on any atom is -0.497 e. The molecular formula is C9H10NO2. The molecule has 0 aliphatic heterocycles. The third kappa shape index (κ3) is 1.75. The Balaban J connectivity index is 2.93. The summed E-state index contributed by atoms with van der Waals surface area (Å²) < 4.78 is 4.95. The molecule has 0 bridgehead atoms. The fourth-order valence-corrected chi connectivity index (χ4v) is 0.838. The maximum Gasteiger partial charge on any atom is 0.251 e. The standard InChI is InChI=1S/C9H10NO2/c1-10-9(11)7-4-3-5-8(6-7)12-2/h3,5-6H,1-2H3,(H,10,11). The van der Waals surface area contributed by atoms with Gasteiger partial charge in [-0.25, -0.2) is 0 Å². The maximum atomic E-state index is 11.1. The van der Waals surface area contributed by atoms with Gasteiger partial charge in [-0.2, -0.15) is 0 Å². The molecule has 63 valence electrons. The highest BCUT2D eigenvalue weighted by Gasteiger charge is 2.02. The number of carbonyl (C=O) groups is 1. The molecule has 0 aliphatic carbocycles. The van der Waals surface area contributed by atoms with Crippen molar-refractivity contribution in [3.63, 3.8) is 0 Å². The van der Waals surface area contributed by atoms with E-state index in [9.17, 15) is 4.79 Å². The SMILES string of the molecule is CNC(=O)c1[c]ccc(OC)c1. The van der Waals surface area contributed by atoms with Crippen LogP contribution in [0, 0.1) is 6.07 Å². The maximum absolute atomic E-state index is 11.1. The van der Waals surface area contributed by atoms with Gasteiger partial charge in [-0.05, 0) is 24.3 Å². The number of nitrogens with one attached hydrogen (secondary N) is 1. The quantitative estimate of drug-likeness (QED) is 0.703. The lowest BCUT2D eigenvalue weighted by Gasteiger charge is -2.01. The summed E-state index contributed by atoms with van der Waals surface area (Å²) in [5.41, 5.74) is 0.483. The predicted molar refractivity (Wildman–Crippen MR) is 45.2 cm³/mol. The minimum absolute atomic E-state index is 0.158. The molecular weight excluding hydrogens is 154 g/mol. The van der Waals surface area contributed by atoms with Crippen molar-refractivity contribution in [2.45, 2.75) is 0 Å². The van der Waals surface area contributed by atoms with E-state index in [2.05, 4.69) is 11.4 Å². The number of amides is 1. The van der Waals surface area contributed by atoms with Gasteiger partial charge >= 0.3 is 0 Å². The van der Waals surface area contributed by atoms with Crippen molar-refractivity contribution in [3.05, 3.63) is 29.8 Å². The Morgan fingerprint density at radius 3 is 3.00 bits per heavy atom. The summed E-state index contributed by atoms with van der Waals surface area (Å²) in [6, 6.07) is 7.84. The molecule has 3 heteroatoms. The van der Waals surface area contributed by atoms with Gasteiger partial charge < -0.3 is 10.1 Å². The average Bonchev–Trinajstić information content (AvgIpc) is 2.17. The van der Waals surface area contributed by atoms with Crippen molar-refractivity contribution in [1.82, 2.24) is 5.32 Å². The van der Waals surface area contributed by atoms with Gasteiger partial charge in [0, 0.05) is 7.05 Å². The molecule has 1 radical (unpaired) electrons. The van der Waals surface area contributed by atoms with Gasteiger partial charge in [-0.3, -0.25) is 4.79 Å². The molecule has 0 aromatic heterocycles. The molecule has 0 heterocycles. The van der Waals surface area contributed by atoms with E-state index in [4.69, 9.17) is 4.74 Å². The summed E-state index contributed by atoms with van der Waals surface area (Å²) in [6.45, 7) is 0. The van der Waals surface area contributed by atoms with E-state index in [1.54, 1.807) is 32.4 Å². The molecule has 0 aliphatic rings. The van der Waals surface area contributed by atoms with Crippen LogP contribution in [-0.2, 0) is 0 Å². The van der Waals surface area contributed by atoms with Crippen molar-refractivity contribution in [1.29, 1.82) is 0 Å². The first-order chi connectivity index (χ1) is 5.77. The molecule has 1 N–H and O–H groups in total.